The Hall–Kier alpha value is -1.89. The highest BCUT2D eigenvalue weighted by molar-refractivity contribution is 5.92. The molecule has 1 unspecified atom stereocenters. The molecule has 3 rings (SSSR count). The second-order valence-electron chi connectivity index (χ2n) is 6.28. The number of amides is 2. The topological polar surface area (TPSA) is 78.7 Å². The fourth-order valence-electron chi connectivity index (χ4n) is 3.38. The molecular weight excluding hydrogens is 296 g/mol. The Balaban J connectivity index is 1.60. The molecule has 1 N–H and O–H groups in total. The van der Waals surface area contributed by atoms with E-state index in [1.807, 2.05) is 0 Å². The number of piperazine rings is 1. The number of hydrogen-bond donors (Lipinski definition) is 1. The van der Waals surface area contributed by atoms with Crippen LogP contribution >= 0.6 is 0 Å². The second-order valence-corrected chi connectivity index (χ2v) is 6.28. The second kappa shape index (κ2) is 6.70. The van der Waals surface area contributed by atoms with Gasteiger partial charge in [-0.1, -0.05) is 0 Å². The summed E-state index contributed by atoms with van der Waals surface area (Å²) in [5, 5.41) is 2.98. The van der Waals surface area contributed by atoms with Gasteiger partial charge in [0.25, 0.3) is 5.91 Å². The van der Waals surface area contributed by atoms with Crippen molar-refractivity contribution >= 4 is 11.8 Å². The van der Waals surface area contributed by atoms with Crippen molar-refractivity contribution in [3.8, 4) is 0 Å². The van der Waals surface area contributed by atoms with Gasteiger partial charge in [0.2, 0.25) is 11.7 Å². The molecule has 2 amide bonds. The lowest BCUT2D eigenvalue weighted by molar-refractivity contribution is -0.126. The van der Waals surface area contributed by atoms with Crippen molar-refractivity contribution in [3.63, 3.8) is 0 Å². The van der Waals surface area contributed by atoms with Crippen LogP contribution in [0.15, 0.2) is 4.42 Å². The number of rotatable bonds is 2. The average molecular weight is 320 g/mol. The summed E-state index contributed by atoms with van der Waals surface area (Å²) in [5.74, 6) is 0.875. The molecule has 3 heterocycles. The maximum Gasteiger partial charge on any atom is 0.291 e. The molecule has 23 heavy (non-hydrogen) atoms. The van der Waals surface area contributed by atoms with E-state index in [-0.39, 0.29) is 17.9 Å². The predicted molar refractivity (Wildman–Crippen MR) is 84.1 cm³/mol. The molecule has 7 nitrogen and oxygen atoms in total. The number of carbonyl (C=O) groups is 2. The van der Waals surface area contributed by atoms with E-state index in [9.17, 15) is 9.59 Å². The SMILES string of the molecule is Cc1nc(C)c(C(=O)N2CCN(C3CCCCNC3=O)CC2)o1. The van der Waals surface area contributed by atoms with E-state index in [2.05, 4.69) is 15.2 Å². The van der Waals surface area contributed by atoms with Crippen molar-refractivity contribution in [2.75, 3.05) is 32.7 Å². The minimum atomic E-state index is -0.104. The van der Waals surface area contributed by atoms with Gasteiger partial charge < -0.3 is 14.6 Å². The van der Waals surface area contributed by atoms with Crippen LogP contribution in [-0.4, -0.2) is 65.4 Å². The molecule has 126 valence electrons. The lowest BCUT2D eigenvalue weighted by atomic mass is 10.1. The lowest BCUT2D eigenvalue weighted by Gasteiger charge is -2.37. The molecule has 2 saturated heterocycles. The zero-order valence-corrected chi connectivity index (χ0v) is 13.8. The molecular formula is C16H24N4O3. The van der Waals surface area contributed by atoms with E-state index in [4.69, 9.17) is 4.42 Å². The molecule has 1 aromatic rings. The molecule has 0 spiro atoms. The summed E-state index contributed by atoms with van der Waals surface area (Å²) in [4.78, 5) is 32.8. The van der Waals surface area contributed by atoms with Crippen LogP contribution in [-0.2, 0) is 4.79 Å². The Labute approximate surface area is 136 Å². The highest BCUT2D eigenvalue weighted by Gasteiger charge is 2.32. The van der Waals surface area contributed by atoms with Gasteiger partial charge in [-0.3, -0.25) is 14.5 Å². The Bertz CT molecular complexity index is 590. The first-order valence-corrected chi connectivity index (χ1v) is 8.31. The molecule has 1 aromatic heterocycles. The van der Waals surface area contributed by atoms with Gasteiger partial charge in [-0.05, 0) is 26.2 Å². The lowest BCUT2D eigenvalue weighted by Crippen LogP contribution is -2.55. The van der Waals surface area contributed by atoms with Crippen molar-refractivity contribution in [1.29, 1.82) is 0 Å². The Kier molecular flexibility index (Phi) is 4.66. The molecule has 2 fully saturated rings. The van der Waals surface area contributed by atoms with Crippen LogP contribution in [0.2, 0.25) is 0 Å². The monoisotopic (exact) mass is 320 g/mol. The van der Waals surface area contributed by atoms with E-state index in [0.717, 1.165) is 38.9 Å². The van der Waals surface area contributed by atoms with Gasteiger partial charge in [0.1, 0.15) is 0 Å². The van der Waals surface area contributed by atoms with E-state index in [1.54, 1.807) is 18.7 Å². The number of nitrogens with one attached hydrogen (secondary N) is 1. The van der Waals surface area contributed by atoms with Gasteiger partial charge in [-0.25, -0.2) is 4.98 Å². The largest absolute Gasteiger partial charge is 0.436 e. The van der Waals surface area contributed by atoms with E-state index in [1.165, 1.54) is 0 Å². The Morgan fingerprint density at radius 1 is 1.22 bits per heavy atom. The normalized spacial score (nSPS) is 23.5. The van der Waals surface area contributed by atoms with Gasteiger partial charge in [0, 0.05) is 39.6 Å². The van der Waals surface area contributed by atoms with Crippen molar-refractivity contribution in [1.82, 2.24) is 20.1 Å². The summed E-state index contributed by atoms with van der Waals surface area (Å²) in [6.07, 6.45) is 3.02. The minimum Gasteiger partial charge on any atom is -0.436 e. The van der Waals surface area contributed by atoms with Gasteiger partial charge >= 0.3 is 0 Å². The zero-order chi connectivity index (χ0) is 16.4. The third kappa shape index (κ3) is 3.39. The summed E-state index contributed by atoms with van der Waals surface area (Å²) in [7, 11) is 0. The van der Waals surface area contributed by atoms with Crippen molar-refractivity contribution in [2.24, 2.45) is 0 Å². The Morgan fingerprint density at radius 2 is 1.96 bits per heavy atom. The summed E-state index contributed by atoms with van der Waals surface area (Å²) in [6.45, 7) is 6.97. The molecule has 0 aromatic carbocycles. The number of aromatic nitrogens is 1. The van der Waals surface area contributed by atoms with Crippen LogP contribution in [0.3, 0.4) is 0 Å². The number of nitrogens with zero attached hydrogens (tertiary/aromatic N) is 3. The smallest absolute Gasteiger partial charge is 0.291 e. The van der Waals surface area contributed by atoms with E-state index < -0.39 is 0 Å². The predicted octanol–water partition coefficient (Wildman–Crippen LogP) is 0.718. The molecule has 2 aliphatic heterocycles. The minimum absolute atomic E-state index is 0.0518. The summed E-state index contributed by atoms with van der Waals surface area (Å²) < 4.78 is 5.43. The summed E-state index contributed by atoms with van der Waals surface area (Å²) in [6, 6.07) is -0.0518. The van der Waals surface area contributed by atoms with Crippen molar-refractivity contribution in [3.05, 3.63) is 17.3 Å². The van der Waals surface area contributed by atoms with Gasteiger partial charge in [0.15, 0.2) is 5.89 Å². The quantitative estimate of drug-likeness (QED) is 0.868. The Morgan fingerprint density at radius 3 is 2.61 bits per heavy atom. The highest BCUT2D eigenvalue weighted by atomic mass is 16.4. The van der Waals surface area contributed by atoms with Crippen LogP contribution in [0.5, 0.6) is 0 Å². The number of hydrogen-bond acceptors (Lipinski definition) is 5. The fraction of sp³-hybridized carbons (Fsp3) is 0.688. The van der Waals surface area contributed by atoms with Crippen LogP contribution in [0.25, 0.3) is 0 Å². The average Bonchev–Trinajstić information content (AvgIpc) is 2.74. The molecule has 0 aliphatic carbocycles. The standard InChI is InChI=1S/C16H24N4O3/c1-11-14(23-12(2)18-11)16(22)20-9-7-19(8-10-20)13-5-3-4-6-17-15(13)21/h13H,3-10H2,1-2H3,(H,17,21). The summed E-state index contributed by atoms with van der Waals surface area (Å²) >= 11 is 0. The number of oxazole rings is 1. The molecule has 0 bridgehead atoms. The number of carbonyl (C=O) groups excluding carboxylic acids is 2. The summed E-state index contributed by atoms with van der Waals surface area (Å²) in [5.41, 5.74) is 0.637. The molecule has 7 heteroatoms. The molecule has 0 saturated carbocycles. The first-order valence-electron chi connectivity index (χ1n) is 8.31. The van der Waals surface area contributed by atoms with Crippen LogP contribution < -0.4 is 5.32 Å². The molecule has 1 atom stereocenters. The van der Waals surface area contributed by atoms with Crippen LogP contribution in [0.4, 0.5) is 0 Å². The van der Waals surface area contributed by atoms with Crippen molar-refractivity contribution in [2.45, 2.75) is 39.2 Å². The number of aryl methyl sites for hydroxylation is 2. The first-order chi connectivity index (χ1) is 11.1. The van der Waals surface area contributed by atoms with E-state index >= 15 is 0 Å². The maximum absolute atomic E-state index is 12.5. The maximum atomic E-state index is 12.5. The van der Waals surface area contributed by atoms with Gasteiger partial charge in [-0.2, -0.15) is 0 Å². The highest BCUT2D eigenvalue weighted by Crippen LogP contribution is 2.18. The third-order valence-electron chi connectivity index (χ3n) is 4.65. The van der Waals surface area contributed by atoms with Gasteiger partial charge in [-0.15, -0.1) is 0 Å². The van der Waals surface area contributed by atoms with Crippen LogP contribution in [0.1, 0.15) is 41.4 Å². The van der Waals surface area contributed by atoms with Crippen LogP contribution in [0, 0.1) is 13.8 Å². The zero-order valence-electron chi connectivity index (χ0n) is 13.8. The van der Waals surface area contributed by atoms with Crippen molar-refractivity contribution < 1.29 is 14.0 Å². The third-order valence-corrected chi connectivity index (χ3v) is 4.65. The van der Waals surface area contributed by atoms with E-state index in [0.29, 0.717) is 30.4 Å². The fourth-order valence-corrected chi connectivity index (χ4v) is 3.38. The molecule has 0 radical (unpaired) electrons. The van der Waals surface area contributed by atoms with Gasteiger partial charge in [0.05, 0.1) is 11.7 Å². The molecule has 2 aliphatic rings. The first kappa shape index (κ1) is 16.0.